The molecule has 2 bridgehead atoms. The molecule has 6 rings (SSSR count). The Hall–Kier alpha value is -3.59. The number of benzene rings is 3. The summed E-state index contributed by atoms with van der Waals surface area (Å²) < 4.78 is 61.7. The van der Waals surface area contributed by atoms with Crippen LogP contribution in [0.1, 0.15) is 54.7 Å². The molecule has 2 saturated heterocycles. The van der Waals surface area contributed by atoms with Crippen LogP contribution in [-0.4, -0.2) is 41.2 Å². The van der Waals surface area contributed by atoms with Crippen LogP contribution in [0.4, 0.5) is 22.4 Å². The van der Waals surface area contributed by atoms with Crippen LogP contribution >= 0.6 is 0 Å². The second-order valence-corrected chi connectivity index (χ2v) is 10.6. The predicted molar refractivity (Wildman–Crippen MR) is 135 cm³/mol. The van der Waals surface area contributed by atoms with Gasteiger partial charge in [-0.15, -0.1) is 13.2 Å². The first-order valence-corrected chi connectivity index (χ1v) is 13.0. The standard InChI is InChI=1S/C30H27F4NO4/c31-26-14-18(12-13-27(26)39-30(32,33)34)29(37)15-19-6-5-7-20(16-29)35(19)28(36)38-17-25-23-10-3-1-8-21(23)22-9-2-4-11-24(22)25/h1-4,8-14,19-20,25,37H,5-7,15-17H2. The van der Waals surface area contributed by atoms with Crippen molar-refractivity contribution in [3.8, 4) is 16.9 Å². The third-order valence-corrected chi connectivity index (χ3v) is 8.25. The van der Waals surface area contributed by atoms with Crippen molar-refractivity contribution in [3.05, 3.63) is 89.2 Å². The van der Waals surface area contributed by atoms with Crippen LogP contribution in [0, 0.1) is 5.82 Å². The van der Waals surface area contributed by atoms with Crippen LogP contribution in [-0.2, 0) is 10.3 Å². The van der Waals surface area contributed by atoms with Crippen LogP contribution in [0.5, 0.6) is 5.75 Å². The maximum atomic E-state index is 14.4. The number of aliphatic hydroxyl groups is 1. The Labute approximate surface area is 223 Å². The summed E-state index contributed by atoms with van der Waals surface area (Å²) in [6, 6.07) is 18.5. The number of halogens is 4. The minimum atomic E-state index is -5.02. The number of rotatable bonds is 4. The fraction of sp³-hybridized carbons (Fsp3) is 0.367. The number of carbonyl (C=O) groups is 1. The Balaban J connectivity index is 1.18. The first kappa shape index (κ1) is 25.7. The van der Waals surface area contributed by atoms with Gasteiger partial charge in [0.05, 0.1) is 5.60 Å². The van der Waals surface area contributed by atoms with Crippen LogP contribution in [0.15, 0.2) is 66.7 Å². The molecule has 1 N–H and O–H groups in total. The zero-order valence-corrected chi connectivity index (χ0v) is 21.0. The second-order valence-electron chi connectivity index (χ2n) is 10.6. The van der Waals surface area contributed by atoms with Gasteiger partial charge in [0.15, 0.2) is 11.6 Å². The number of hydrogen-bond donors (Lipinski definition) is 1. The van der Waals surface area contributed by atoms with Gasteiger partial charge in [0, 0.05) is 30.8 Å². The molecule has 0 spiro atoms. The van der Waals surface area contributed by atoms with Crippen LogP contribution < -0.4 is 4.74 Å². The third kappa shape index (κ3) is 4.73. The van der Waals surface area contributed by atoms with Gasteiger partial charge in [0.1, 0.15) is 6.61 Å². The molecule has 3 aromatic carbocycles. The second kappa shape index (κ2) is 9.55. The van der Waals surface area contributed by atoms with Gasteiger partial charge in [-0.25, -0.2) is 9.18 Å². The number of carbonyl (C=O) groups excluding carboxylic acids is 1. The molecule has 2 atom stereocenters. The molecule has 1 amide bonds. The fourth-order valence-corrected chi connectivity index (χ4v) is 6.63. The molecule has 1 aliphatic carbocycles. The molecule has 204 valence electrons. The Morgan fingerprint density at radius 3 is 2.10 bits per heavy atom. The van der Waals surface area contributed by atoms with E-state index >= 15 is 0 Å². The topological polar surface area (TPSA) is 59.0 Å². The van der Waals surface area contributed by atoms with Crippen molar-refractivity contribution in [2.75, 3.05) is 6.61 Å². The average Bonchev–Trinajstić information content (AvgIpc) is 3.21. The number of hydrogen-bond acceptors (Lipinski definition) is 4. The van der Waals surface area contributed by atoms with E-state index in [0.717, 1.165) is 40.8 Å². The minimum Gasteiger partial charge on any atom is -0.448 e. The Morgan fingerprint density at radius 1 is 0.949 bits per heavy atom. The van der Waals surface area contributed by atoms with E-state index in [1.807, 2.05) is 36.4 Å². The van der Waals surface area contributed by atoms with Gasteiger partial charge in [-0.3, -0.25) is 0 Å². The van der Waals surface area contributed by atoms with Gasteiger partial charge in [0.2, 0.25) is 0 Å². The largest absolute Gasteiger partial charge is 0.573 e. The van der Waals surface area contributed by atoms with E-state index in [0.29, 0.717) is 12.8 Å². The molecule has 39 heavy (non-hydrogen) atoms. The highest BCUT2D eigenvalue weighted by Gasteiger charge is 2.49. The highest BCUT2D eigenvalue weighted by Crippen LogP contribution is 2.47. The summed E-state index contributed by atoms with van der Waals surface area (Å²) in [5.41, 5.74) is 3.16. The van der Waals surface area contributed by atoms with E-state index in [-0.39, 0.29) is 43.0 Å². The average molecular weight is 542 g/mol. The van der Waals surface area contributed by atoms with Gasteiger partial charge in [-0.05, 0) is 59.2 Å². The minimum absolute atomic E-state index is 0.0803. The molecule has 2 fully saturated rings. The quantitative estimate of drug-likeness (QED) is 0.366. The van der Waals surface area contributed by atoms with E-state index in [2.05, 4.69) is 16.9 Å². The number of fused-ring (bicyclic) bond motifs is 5. The van der Waals surface area contributed by atoms with Crippen molar-refractivity contribution in [3.63, 3.8) is 0 Å². The highest BCUT2D eigenvalue weighted by molar-refractivity contribution is 5.79. The molecule has 0 aromatic heterocycles. The molecule has 0 saturated carbocycles. The Kier molecular flexibility index (Phi) is 6.29. The maximum absolute atomic E-state index is 14.4. The molecule has 2 unspecified atom stereocenters. The van der Waals surface area contributed by atoms with Gasteiger partial charge in [-0.2, -0.15) is 0 Å². The third-order valence-electron chi connectivity index (χ3n) is 8.25. The lowest BCUT2D eigenvalue weighted by molar-refractivity contribution is -0.275. The van der Waals surface area contributed by atoms with Crippen LogP contribution in [0.25, 0.3) is 11.1 Å². The lowest BCUT2D eigenvalue weighted by Crippen LogP contribution is -2.59. The first-order chi connectivity index (χ1) is 18.6. The van der Waals surface area contributed by atoms with Gasteiger partial charge >= 0.3 is 12.5 Å². The van der Waals surface area contributed by atoms with Crippen molar-refractivity contribution in [2.24, 2.45) is 0 Å². The molecule has 3 aromatic rings. The van der Waals surface area contributed by atoms with Crippen molar-refractivity contribution in [2.45, 2.75) is 62.1 Å². The van der Waals surface area contributed by atoms with E-state index in [1.165, 1.54) is 6.07 Å². The summed E-state index contributed by atoms with van der Waals surface area (Å²) in [5, 5.41) is 11.5. The lowest BCUT2D eigenvalue weighted by Gasteiger charge is -2.51. The number of ether oxygens (including phenoxy) is 2. The monoisotopic (exact) mass is 541 g/mol. The summed E-state index contributed by atoms with van der Waals surface area (Å²) >= 11 is 0. The number of amides is 1. The van der Waals surface area contributed by atoms with E-state index in [1.54, 1.807) is 4.90 Å². The SMILES string of the molecule is O=C(OCC1c2ccccc2-c2ccccc21)N1C2CCCC1CC(O)(c1ccc(OC(F)(F)F)c(F)c1)C2. The van der Waals surface area contributed by atoms with E-state index in [4.69, 9.17) is 4.74 Å². The summed E-state index contributed by atoms with van der Waals surface area (Å²) in [7, 11) is 0. The van der Waals surface area contributed by atoms with Gasteiger partial charge in [0.25, 0.3) is 0 Å². The molecule has 9 heteroatoms. The first-order valence-electron chi connectivity index (χ1n) is 13.0. The summed E-state index contributed by atoms with van der Waals surface area (Å²) in [5.74, 6) is -2.24. The molecule has 3 aliphatic rings. The lowest BCUT2D eigenvalue weighted by atomic mass is 9.72. The van der Waals surface area contributed by atoms with Crippen LogP contribution in [0.2, 0.25) is 0 Å². The van der Waals surface area contributed by atoms with Crippen molar-refractivity contribution in [1.82, 2.24) is 4.90 Å². The molecule has 2 heterocycles. The molecule has 5 nitrogen and oxygen atoms in total. The van der Waals surface area contributed by atoms with E-state index < -0.39 is 29.6 Å². The summed E-state index contributed by atoms with van der Waals surface area (Å²) in [6.45, 7) is 0.180. The zero-order valence-electron chi connectivity index (χ0n) is 21.0. The van der Waals surface area contributed by atoms with E-state index in [9.17, 15) is 27.5 Å². The summed E-state index contributed by atoms with van der Waals surface area (Å²) in [6.07, 6.45) is -3.06. The highest BCUT2D eigenvalue weighted by atomic mass is 19.4. The molecular formula is C30H27F4NO4. The maximum Gasteiger partial charge on any atom is 0.573 e. The summed E-state index contributed by atoms with van der Waals surface area (Å²) in [4.78, 5) is 15.1. The molecular weight excluding hydrogens is 514 g/mol. The van der Waals surface area contributed by atoms with Gasteiger partial charge < -0.3 is 19.5 Å². The Bertz CT molecular complexity index is 1350. The predicted octanol–water partition coefficient (Wildman–Crippen LogP) is 6.88. The zero-order chi connectivity index (χ0) is 27.4. The Morgan fingerprint density at radius 2 is 1.54 bits per heavy atom. The smallest absolute Gasteiger partial charge is 0.448 e. The van der Waals surface area contributed by atoms with Crippen molar-refractivity contribution >= 4 is 6.09 Å². The number of piperidine rings is 2. The number of nitrogens with zero attached hydrogens (tertiary/aromatic N) is 1. The number of alkyl halides is 3. The van der Waals surface area contributed by atoms with Gasteiger partial charge in [-0.1, -0.05) is 54.6 Å². The molecule has 2 aliphatic heterocycles. The normalized spacial score (nSPS) is 24.2. The molecule has 0 radical (unpaired) electrons. The van der Waals surface area contributed by atoms with Crippen LogP contribution in [0.3, 0.4) is 0 Å². The van der Waals surface area contributed by atoms with Crippen molar-refractivity contribution < 1.29 is 36.9 Å². The fourth-order valence-electron chi connectivity index (χ4n) is 6.63. The van der Waals surface area contributed by atoms with Crippen molar-refractivity contribution in [1.29, 1.82) is 0 Å².